The number of benzene rings is 2. The molecule has 1 unspecified atom stereocenters. The van der Waals surface area contributed by atoms with Gasteiger partial charge in [-0.15, -0.1) is 5.10 Å². The second-order valence-electron chi connectivity index (χ2n) is 6.31. The number of carbonyl (C=O) groups excluding carboxylic acids is 1. The third-order valence-corrected chi connectivity index (χ3v) is 4.73. The van der Waals surface area contributed by atoms with Crippen LogP contribution >= 0.6 is 0 Å². The van der Waals surface area contributed by atoms with Crippen LogP contribution in [-0.4, -0.2) is 40.0 Å². The highest BCUT2D eigenvalue weighted by Gasteiger charge is 2.20. The van der Waals surface area contributed by atoms with Crippen LogP contribution in [0.2, 0.25) is 0 Å². The fraction of sp³-hybridized carbons (Fsp3) is 0.300. The lowest BCUT2D eigenvalue weighted by atomic mass is 10.1. The van der Waals surface area contributed by atoms with Crippen molar-refractivity contribution in [3.63, 3.8) is 0 Å². The molecule has 1 aromatic heterocycles. The molecule has 1 heterocycles. The highest BCUT2D eigenvalue weighted by molar-refractivity contribution is 5.77. The molecule has 7 heteroatoms. The number of amides is 1. The molecule has 0 radical (unpaired) electrons. The van der Waals surface area contributed by atoms with Crippen molar-refractivity contribution in [2.24, 2.45) is 0 Å². The van der Waals surface area contributed by atoms with E-state index < -0.39 is 0 Å². The number of hydrogen-bond acceptors (Lipinski definition) is 5. The molecule has 0 aliphatic heterocycles. The summed E-state index contributed by atoms with van der Waals surface area (Å²) in [5.74, 6) is 0.650. The second kappa shape index (κ2) is 7.99. The number of para-hydroxylation sites is 1. The number of aromatic nitrogens is 3. The molecule has 0 saturated heterocycles. The number of nitrogens with zero attached hydrogens (tertiary/aromatic N) is 4. The van der Waals surface area contributed by atoms with Crippen molar-refractivity contribution in [3.05, 3.63) is 64.4 Å². The summed E-state index contributed by atoms with van der Waals surface area (Å²) in [4.78, 5) is 26.7. The van der Waals surface area contributed by atoms with Crippen LogP contribution in [0.15, 0.2) is 53.3 Å². The van der Waals surface area contributed by atoms with E-state index in [4.69, 9.17) is 4.74 Å². The van der Waals surface area contributed by atoms with Crippen molar-refractivity contribution in [3.8, 4) is 5.75 Å². The molecule has 0 aliphatic carbocycles. The number of ether oxygens (including phenoxy) is 1. The first kappa shape index (κ1) is 18.6. The van der Waals surface area contributed by atoms with Gasteiger partial charge in [0, 0.05) is 19.0 Å². The third kappa shape index (κ3) is 3.81. The molecule has 0 saturated carbocycles. The number of fused-ring (bicyclic) bond motifs is 1. The Balaban J connectivity index is 1.72. The van der Waals surface area contributed by atoms with Gasteiger partial charge in [0.05, 0.1) is 25.1 Å². The van der Waals surface area contributed by atoms with Crippen molar-refractivity contribution < 1.29 is 9.53 Å². The van der Waals surface area contributed by atoms with E-state index in [1.165, 1.54) is 4.68 Å². The quantitative estimate of drug-likeness (QED) is 0.669. The zero-order valence-corrected chi connectivity index (χ0v) is 15.6. The first-order valence-corrected chi connectivity index (χ1v) is 8.74. The Morgan fingerprint density at radius 1 is 1.19 bits per heavy atom. The van der Waals surface area contributed by atoms with E-state index in [0.29, 0.717) is 10.9 Å². The summed E-state index contributed by atoms with van der Waals surface area (Å²) in [5.41, 5.74) is 1.24. The molecule has 0 N–H and O–H groups in total. The number of hydrogen-bond donors (Lipinski definition) is 0. The lowest BCUT2D eigenvalue weighted by Crippen LogP contribution is -2.32. The van der Waals surface area contributed by atoms with Gasteiger partial charge in [-0.2, -0.15) is 0 Å². The summed E-state index contributed by atoms with van der Waals surface area (Å²) in [7, 11) is 3.35. The third-order valence-electron chi connectivity index (χ3n) is 4.73. The average Bonchev–Trinajstić information content (AvgIpc) is 2.72. The Bertz CT molecular complexity index is 1020. The van der Waals surface area contributed by atoms with Crippen LogP contribution in [0.5, 0.6) is 5.75 Å². The fourth-order valence-corrected chi connectivity index (χ4v) is 2.98. The number of aryl methyl sites for hydroxylation is 1. The van der Waals surface area contributed by atoms with E-state index in [1.807, 2.05) is 31.2 Å². The molecule has 0 bridgehead atoms. The molecule has 1 atom stereocenters. The van der Waals surface area contributed by atoms with E-state index in [9.17, 15) is 9.59 Å². The van der Waals surface area contributed by atoms with Gasteiger partial charge in [0.1, 0.15) is 11.3 Å². The number of rotatable bonds is 6. The van der Waals surface area contributed by atoms with Gasteiger partial charge < -0.3 is 9.64 Å². The monoisotopic (exact) mass is 366 g/mol. The highest BCUT2D eigenvalue weighted by atomic mass is 16.5. The van der Waals surface area contributed by atoms with Crippen LogP contribution in [0.4, 0.5) is 0 Å². The summed E-state index contributed by atoms with van der Waals surface area (Å²) in [5, 5.41) is 8.47. The van der Waals surface area contributed by atoms with Gasteiger partial charge in [0.15, 0.2) is 0 Å². The van der Waals surface area contributed by atoms with Gasteiger partial charge in [0.25, 0.3) is 5.56 Å². The molecule has 140 valence electrons. The van der Waals surface area contributed by atoms with Crippen molar-refractivity contribution in [2.75, 3.05) is 14.2 Å². The summed E-state index contributed by atoms with van der Waals surface area (Å²) in [6.07, 6.45) is 0.156. The van der Waals surface area contributed by atoms with Crippen LogP contribution < -0.4 is 10.3 Å². The van der Waals surface area contributed by atoms with Crippen molar-refractivity contribution in [1.82, 2.24) is 19.9 Å². The Kier molecular flexibility index (Phi) is 5.49. The van der Waals surface area contributed by atoms with E-state index in [0.717, 1.165) is 11.3 Å². The highest BCUT2D eigenvalue weighted by Crippen LogP contribution is 2.28. The normalized spacial score (nSPS) is 12.0. The van der Waals surface area contributed by atoms with E-state index in [-0.39, 0.29) is 30.5 Å². The van der Waals surface area contributed by atoms with Gasteiger partial charge in [-0.25, -0.2) is 4.68 Å². The minimum Gasteiger partial charge on any atom is -0.496 e. The molecule has 0 fully saturated rings. The SMILES string of the molecule is COc1ccccc1C(C)N(C)C(=O)CCn1nnc2ccccc2c1=O. The van der Waals surface area contributed by atoms with Gasteiger partial charge in [0.2, 0.25) is 5.91 Å². The fourth-order valence-electron chi connectivity index (χ4n) is 2.98. The maximum absolute atomic E-state index is 12.6. The van der Waals surface area contributed by atoms with Crippen molar-refractivity contribution in [2.45, 2.75) is 25.9 Å². The van der Waals surface area contributed by atoms with Gasteiger partial charge in [-0.05, 0) is 25.1 Å². The van der Waals surface area contributed by atoms with Gasteiger partial charge >= 0.3 is 0 Å². The van der Waals surface area contributed by atoms with Crippen LogP contribution in [0.1, 0.15) is 24.9 Å². The minimum atomic E-state index is -0.242. The Morgan fingerprint density at radius 2 is 1.89 bits per heavy atom. The largest absolute Gasteiger partial charge is 0.496 e. The maximum Gasteiger partial charge on any atom is 0.277 e. The zero-order chi connectivity index (χ0) is 19.4. The molecule has 0 spiro atoms. The number of methoxy groups -OCH3 is 1. The van der Waals surface area contributed by atoms with Crippen molar-refractivity contribution >= 4 is 16.8 Å². The predicted octanol–water partition coefficient (Wildman–Crippen LogP) is 2.41. The first-order chi connectivity index (χ1) is 13.0. The van der Waals surface area contributed by atoms with Crippen LogP contribution in [0, 0.1) is 0 Å². The molecule has 3 aromatic rings. The number of carbonyl (C=O) groups is 1. The molecule has 7 nitrogen and oxygen atoms in total. The average molecular weight is 366 g/mol. The van der Waals surface area contributed by atoms with Gasteiger partial charge in [-0.3, -0.25) is 9.59 Å². The van der Waals surface area contributed by atoms with E-state index >= 15 is 0 Å². The molecular formula is C20H22N4O3. The Labute approximate surface area is 157 Å². The summed E-state index contributed by atoms with van der Waals surface area (Å²) in [6.45, 7) is 2.12. The van der Waals surface area contributed by atoms with Crippen LogP contribution in [0.3, 0.4) is 0 Å². The second-order valence-corrected chi connectivity index (χ2v) is 6.31. The molecular weight excluding hydrogens is 344 g/mol. The minimum absolute atomic E-state index is 0.0877. The van der Waals surface area contributed by atoms with Crippen LogP contribution in [0.25, 0.3) is 10.9 Å². The molecule has 2 aromatic carbocycles. The Hall–Kier alpha value is -3.22. The van der Waals surface area contributed by atoms with E-state index in [1.54, 1.807) is 43.3 Å². The summed E-state index contributed by atoms with van der Waals surface area (Å²) < 4.78 is 6.62. The summed E-state index contributed by atoms with van der Waals surface area (Å²) >= 11 is 0. The molecule has 3 rings (SSSR count). The molecule has 1 amide bonds. The lowest BCUT2D eigenvalue weighted by Gasteiger charge is -2.26. The standard InChI is InChI=1S/C20H22N4O3/c1-14(15-8-5-7-11-18(15)27-3)23(2)19(25)12-13-24-20(26)16-9-4-6-10-17(16)21-22-24/h4-11,14H,12-13H2,1-3H3. The van der Waals surface area contributed by atoms with Gasteiger partial charge in [-0.1, -0.05) is 35.5 Å². The zero-order valence-electron chi connectivity index (χ0n) is 15.6. The maximum atomic E-state index is 12.6. The molecule has 0 aliphatic rings. The topological polar surface area (TPSA) is 77.3 Å². The first-order valence-electron chi connectivity index (χ1n) is 8.74. The lowest BCUT2D eigenvalue weighted by molar-refractivity contribution is -0.132. The summed E-state index contributed by atoms with van der Waals surface area (Å²) in [6, 6.07) is 14.5. The molecule has 27 heavy (non-hydrogen) atoms. The van der Waals surface area contributed by atoms with Crippen molar-refractivity contribution in [1.29, 1.82) is 0 Å². The van der Waals surface area contributed by atoms with E-state index in [2.05, 4.69) is 10.3 Å². The predicted molar refractivity (Wildman–Crippen MR) is 103 cm³/mol. The smallest absolute Gasteiger partial charge is 0.277 e. The Morgan fingerprint density at radius 3 is 2.67 bits per heavy atom. The van der Waals surface area contributed by atoms with Crippen LogP contribution in [-0.2, 0) is 11.3 Å².